The molecule has 26 heavy (non-hydrogen) atoms. The predicted molar refractivity (Wildman–Crippen MR) is 87.7 cm³/mol. The van der Waals surface area contributed by atoms with Crippen molar-refractivity contribution >= 4 is 0 Å². The first-order chi connectivity index (χ1) is 12.9. The number of hydrogen-bond donors (Lipinski definition) is 0. The van der Waals surface area contributed by atoms with Gasteiger partial charge in [-0.3, -0.25) is 0 Å². The first-order valence-corrected chi connectivity index (χ1v) is 8.83. The monoisotopic (exact) mass is 368 g/mol. The van der Waals surface area contributed by atoms with E-state index in [-0.39, 0.29) is 31.7 Å². The average molecular weight is 368 g/mol. The molecule has 1 aromatic carbocycles. The van der Waals surface area contributed by atoms with E-state index >= 15 is 0 Å². The maximum absolute atomic E-state index is 5.59. The summed E-state index contributed by atoms with van der Waals surface area (Å²) >= 11 is 0. The second kappa shape index (κ2) is 9.09. The Bertz CT molecular complexity index is 535. The topological polar surface area (TPSA) is 80.4 Å². The van der Waals surface area contributed by atoms with Crippen LogP contribution in [0, 0.1) is 0 Å². The van der Waals surface area contributed by atoms with Crippen molar-refractivity contribution < 1.29 is 37.9 Å². The van der Waals surface area contributed by atoms with Gasteiger partial charge in [0.1, 0.15) is 18.0 Å². The fourth-order valence-electron chi connectivity index (χ4n) is 2.51. The van der Waals surface area contributed by atoms with Crippen LogP contribution in [0.2, 0.25) is 0 Å². The van der Waals surface area contributed by atoms with Crippen molar-refractivity contribution in [1.29, 1.82) is 0 Å². The van der Waals surface area contributed by atoms with Crippen molar-refractivity contribution in [2.24, 2.45) is 0 Å². The quantitative estimate of drug-likeness (QED) is 0.328. The number of ether oxygens (including phenoxy) is 8. The van der Waals surface area contributed by atoms with E-state index in [4.69, 9.17) is 37.9 Å². The third-order valence-electron chi connectivity index (χ3n) is 4.23. The van der Waals surface area contributed by atoms with Crippen LogP contribution in [0.1, 0.15) is 11.5 Å². The van der Waals surface area contributed by atoms with Crippen molar-refractivity contribution in [3.8, 4) is 5.75 Å². The first-order valence-electron chi connectivity index (χ1n) is 8.83. The van der Waals surface area contributed by atoms with Crippen LogP contribution < -0.4 is 4.74 Å². The molecule has 8 heteroatoms. The summed E-state index contributed by atoms with van der Waals surface area (Å²) in [5.74, 6) is 0.925. The van der Waals surface area contributed by atoms with Crippen molar-refractivity contribution in [1.82, 2.24) is 0 Å². The molecule has 2 unspecified atom stereocenters. The summed E-state index contributed by atoms with van der Waals surface area (Å²) < 4.78 is 42.9. The maximum atomic E-state index is 5.59. The molecule has 0 saturated carbocycles. The van der Waals surface area contributed by atoms with Gasteiger partial charge in [-0.15, -0.1) is 0 Å². The Balaban J connectivity index is 1.11. The summed E-state index contributed by atoms with van der Waals surface area (Å²) in [7, 11) is 0. The largest absolute Gasteiger partial charge is 0.468 e. The summed E-state index contributed by atoms with van der Waals surface area (Å²) in [6.45, 7) is 3.42. The lowest BCUT2D eigenvalue weighted by molar-refractivity contribution is -0.335. The zero-order valence-electron chi connectivity index (χ0n) is 14.5. The molecule has 3 fully saturated rings. The molecule has 0 aromatic heterocycles. The van der Waals surface area contributed by atoms with Gasteiger partial charge >= 0.3 is 0 Å². The third kappa shape index (κ3) is 5.88. The number of rotatable bonds is 11. The second-order valence-electron chi connectivity index (χ2n) is 6.42. The molecule has 3 aliphatic heterocycles. The van der Waals surface area contributed by atoms with Gasteiger partial charge in [0.05, 0.1) is 39.6 Å². The van der Waals surface area contributed by atoms with Crippen LogP contribution in [0.15, 0.2) is 24.3 Å². The van der Waals surface area contributed by atoms with E-state index in [1.54, 1.807) is 0 Å². The van der Waals surface area contributed by atoms with E-state index in [0.29, 0.717) is 26.4 Å². The van der Waals surface area contributed by atoms with Crippen molar-refractivity contribution in [3.05, 3.63) is 29.8 Å². The van der Waals surface area contributed by atoms with Gasteiger partial charge in [-0.1, -0.05) is 12.1 Å². The summed E-state index contributed by atoms with van der Waals surface area (Å²) in [6, 6.07) is 7.86. The van der Waals surface area contributed by atoms with E-state index in [1.165, 1.54) is 0 Å². The molecule has 8 nitrogen and oxygen atoms in total. The number of benzene rings is 1. The fraction of sp³-hybridized carbons (Fsp3) is 0.667. The van der Waals surface area contributed by atoms with Crippen molar-refractivity contribution in [2.75, 3.05) is 53.2 Å². The molecule has 0 bridgehead atoms. The standard InChI is InChI=1S/C18H24O8/c1-3-15(25-11-19-7-16-9-21-16)4-2-13(1)14-5-23-18(24-6-14)26-12-20-8-17-10-22-17/h1-4,14,16-18H,5-12H2. The molecular weight excluding hydrogens is 344 g/mol. The van der Waals surface area contributed by atoms with Crippen LogP contribution in [0.3, 0.4) is 0 Å². The van der Waals surface area contributed by atoms with Crippen LogP contribution in [0.5, 0.6) is 5.75 Å². The van der Waals surface area contributed by atoms with Crippen LogP contribution in [-0.2, 0) is 33.2 Å². The Morgan fingerprint density at radius 1 is 0.769 bits per heavy atom. The van der Waals surface area contributed by atoms with E-state index in [0.717, 1.165) is 24.5 Å². The molecule has 0 aliphatic carbocycles. The van der Waals surface area contributed by atoms with Gasteiger partial charge in [-0.2, -0.15) is 0 Å². The molecule has 3 aliphatic rings. The SMILES string of the molecule is c1cc(C2COC(OCOCC3CO3)OC2)ccc1OCOCC1CO1. The number of hydrogen-bond acceptors (Lipinski definition) is 8. The zero-order chi connectivity index (χ0) is 17.6. The van der Waals surface area contributed by atoms with Gasteiger partial charge in [0.2, 0.25) is 0 Å². The Hall–Kier alpha value is -1.26. The maximum Gasteiger partial charge on any atom is 0.273 e. The van der Waals surface area contributed by atoms with E-state index in [1.807, 2.05) is 24.3 Å². The molecule has 144 valence electrons. The van der Waals surface area contributed by atoms with Crippen LogP contribution in [-0.4, -0.2) is 71.9 Å². The molecular formula is C18H24O8. The molecule has 4 rings (SSSR count). The molecule has 3 heterocycles. The van der Waals surface area contributed by atoms with Gasteiger partial charge in [0.25, 0.3) is 6.48 Å². The predicted octanol–water partition coefficient (Wildman–Crippen LogP) is 1.24. The van der Waals surface area contributed by atoms with E-state index in [9.17, 15) is 0 Å². The molecule has 3 saturated heterocycles. The van der Waals surface area contributed by atoms with Gasteiger partial charge < -0.3 is 37.9 Å². The lowest BCUT2D eigenvalue weighted by atomic mass is 10.0. The highest BCUT2D eigenvalue weighted by Gasteiger charge is 2.25. The van der Waals surface area contributed by atoms with E-state index in [2.05, 4.69) is 0 Å². The average Bonchev–Trinajstić information content (AvgIpc) is 3.59. The van der Waals surface area contributed by atoms with Gasteiger partial charge in [0.15, 0.2) is 13.6 Å². The molecule has 0 amide bonds. The van der Waals surface area contributed by atoms with Gasteiger partial charge in [-0.25, -0.2) is 0 Å². The van der Waals surface area contributed by atoms with Crippen LogP contribution in [0.4, 0.5) is 0 Å². The Morgan fingerprint density at radius 2 is 1.38 bits per heavy atom. The summed E-state index contributed by atoms with van der Waals surface area (Å²) in [6.07, 6.45) is 0.473. The lowest BCUT2D eigenvalue weighted by Gasteiger charge is -2.29. The third-order valence-corrected chi connectivity index (χ3v) is 4.23. The lowest BCUT2D eigenvalue weighted by Crippen LogP contribution is -2.33. The normalized spacial score (nSPS) is 30.2. The summed E-state index contributed by atoms with van der Waals surface area (Å²) in [5, 5.41) is 0. The minimum absolute atomic E-state index is 0.135. The smallest absolute Gasteiger partial charge is 0.273 e. The summed E-state index contributed by atoms with van der Waals surface area (Å²) in [4.78, 5) is 0. The molecule has 1 aromatic rings. The molecule has 0 N–H and O–H groups in total. The van der Waals surface area contributed by atoms with Crippen molar-refractivity contribution in [2.45, 2.75) is 24.6 Å². The van der Waals surface area contributed by atoms with Gasteiger partial charge in [0, 0.05) is 5.92 Å². The van der Waals surface area contributed by atoms with Gasteiger partial charge in [-0.05, 0) is 17.7 Å². The summed E-state index contributed by atoms with van der Waals surface area (Å²) in [5.41, 5.74) is 1.13. The second-order valence-corrected chi connectivity index (χ2v) is 6.42. The minimum Gasteiger partial charge on any atom is -0.468 e. The highest BCUT2D eigenvalue weighted by molar-refractivity contribution is 5.29. The Morgan fingerprint density at radius 3 is 2.00 bits per heavy atom. The fourth-order valence-corrected chi connectivity index (χ4v) is 2.51. The highest BCUT2D eigenvalue weighted by atomic mass is 16.9. The van der Waals surface area contributed by atoms with E-state index < -0.39 is 6.48 Å². The first kappa shape index (κ1) is 18.1. The molecule has 0 radical (unpaired) electrons. The zero-order valence-corrected chi connectivity index (χ0v) is 14.5. The molecule has 0 spiro atoms. The van der Waals surface area contributed by atoms with Crippen LogP contribution >= 0.6 is 0 Å². The Kier molecular flexibility index (Phi) is 6.34. The minimum atomic E-state index is -0.679. The van der Waals surface area contributed by atoms with Crippen molar-refractivity contribution in [3.63, 3.8) is 0 Å². The molecule has 2 atom stereocenters. The highest BCUT2D eigenvalue weighted by Crippen LogP contribution is 2.25. The van der Waals surface area contributed by atoms with Crippen LogP contribution in [0.25, 0.3) is 0 Å². The Labute approximate surface area is 152 Å². The number of epoxide rings is 2.